The number of carbonyl (C=O) groups excluding carboxylic acids is 1. The quantitative estimate of drug-likeness (QED) is 0.924. The summed E-state index contributed by atoms with van der Waals surface area (Å²) in [4.78, 5) is 16.4. The van der Waals surface area contributed by atoms with Gasteiger partial charge in [-0.2, -0.15) is 0 Å². The molecule has 0 aromatic heterocycles. The molecule has 0 aliphatic carbocycles. The summed E-state index contributed by atoms with van der Waals surface area (Å²) in [5, 5.41) is 0.765. The van der Waals surface area contributed by atoms with Crippen molar-refractivity contribution in [2.24, 2.45) is 11.7 Å². The van der Waals surface area contributed by atoms with Crippen molar-refractivity contribution in [1.29, 1.82) is 0 Å². The second kappa shape index (κ2) is 6.95. The molecule has 1 unspecified atom stereocenters. The van der Waals surface area contributed by atoms with E-state index in [-0.39, 0.29) is 11.8 Å². The molecular weight excluding hydrogens is 274 g/mol. The maximum Gasteiger partial charge on any atom is 0.227 e. The smallest absolute Gasteiger partial charge is 0.227 e. The van der Waals surface area contributed by atoms with E-state index in [1.54, 1.807) is 0 Å². The molecule has 20 heavy (non-hydrogen) atoms. The molecule has 1 aliphatic rings. The average Bonchev–Trinajstić information content (AvgIpc) is 2.49. The third-order valence-electron chi connectivity index (χ3n) is 3.91. The van der Waals surface area contributed by atoms with E-state index in [1.807, 2.05) is 36.1 Å². The second-order valence-electron chi connectivity index (χ2n) is 5.10. The lowest BCUT2D eigenvalue weighted by Gasteiger charge is -2.37. The highest BCUT2D eigenvalue weighted by molar-refractivity contribution is 6.33. The van der Waals surface area contributed by atoms with Crippen molar-refractivity contribution >= 4 is 23.2 Å². The number of nitrogens with two attached hydrogens (primary N) is 1. The Bertz CT molecular complexity index is 454. The number of carbonyl (C=O) groups is 1. The van der Waals surface area contributed by atoms with Crippen molar-refractivity contribution in [3.05, 3.63) is 29.3 Å². The van der Waals surface area contributed by atoms with E-state index in [4.69, 9.17) is 17.3 Å². The Morgan fingerprint density at radius 2 is 1.95 bits per heavy atom. The van der Waals surface area contributed by atoms with Gasteiger partial charge in [0.1, 0.15) is 0 Å². The predicted molar refractivity (Wildman–Crippen MR) is 83.1 cm³/mol. The molecule has 1 aliphatic heterocycles. The molecule has 4 nitrogen and oxygen atoms in total. The minimum absolute atomic E-state index is 0.0399. The first-order valence-corrected chi connectivity index (χ1v) is 7.53. The Morgan fingerprint density at radius 1 is 1.30 bits per heavy atom. The van der Waals surface area contributed by atoms with Gasteiger partial charge in [0.25, 0.3) is 0 Å². The standard InChI is InChI=1S/C15H22ClN3O/c1-2-12(11-17)15(20)19-9-7-18(8-10-19)14-6-4-3-5-13(14)16/h3-6,12H,2,7-11,17H2,1H3. The van der Waals surface area contributed by atoms with E-state index < -0.39 is 0 Å². The van der Waals surface area contributed by atoms with Crippen molar-refractivity contribution < 1.29 is 4.79 Å². The number of benzene rings is 1. The van der Waals surface area contributed by atoms with Crippen LogP contribution in [-0.2, 0) is 4.79 Å². The number of rotatable bonds is 4. The van der Waals surface area contributed by atoms with Crippen molar-refractivity contribution in [3.63, 3.8) is 0 Å². The molecule has 5 heteroatoms. The summed E-state index contributed by atoms with van der Waals surface area (Å²) in [5.74, 6) is 0.149. The van der Waals surface area contributed by atoms with Gasteiger partial charge < -0.3 is 15.5 Å². The minimum Gasteiger partial charge on any atom is -0.367 e. The Hall–Kier alpha value is -1.26. The molecule has 1 aromatic carbocycles. The lowest BCUT2D eigenvalue weighted by molar-refractivity contribution is -0.135. The molecule has 0 spiro atoms. The number of piperazine rings is 1. The summed E-state index contributed by atoms with van der Waals surface area (Å²) >= 11 is 6.21. The van der Waals surface area contributed by atoms with Crippen LogP contribution in [0.5, 0.6) is 0 Å². The van der Waals surface area contributed by atoms with E-state index >= 15 is 0 Å². The first-order valence-electron chi connectivity index (χ1n) is 7.15. The number of anilines is 1. The topological polar surface area (TPSA) is 49.6 Å². The average molecular weight is 296 g/mol. The third kappa shape index (κ3) is 3.25. The van der Waals surface area contributed by atoms with Crippen LogP contribution in [0.25, 0.3) is 0 Å². The van der Waals surface area contributed by atoms with E-state index in [0.29, 0.717) is 6.54 Å². The molecule has 0 saturated carbocycles. The van der Waals surface area contributed by atoms with Gasteiger partial charge in [-0.1, -0.05) is 30.7 Å². The molecule has 1 saturated heterocycles. The Labute approximate surface area is 125 Å². The normalized spacial score (nSPS) is 17.1. The monoisotopic (exact) mass is 295 g/mol. The van der Waals surface area contributed by atoms with Crippen LogP contribution in [0.4, 0.5) is 5.69 Å². The molecule has 1 aromatic rings. The Kier molecular flexibility index (Phi) is 5.26. The lowest BCUT2D eigenvalue weighted by Crippen LogP contribution is -2.51. The van der Waals surface area contributed by atoms with Gasteiger partial charge in [-0.15, -0.1) is 0 Å². The van der Waals surface area contributed by atoms with Crippen LogP contribution in [0.3, 0.4) is 0 Å². The fraction of sp³-hybridized carbons (Fsp3) is 0.533. The maximum absolute atomic E-state index is 12.3. The van der Waals surface area contributed by atoms with Gasteiger partial charge in [0.2, 0.25) is 5.91 Å². The number of nitrogens with zero attached hydrogens (tertiary/aromatic N) is 2. The summed E-state index contributed by atoms with van der Waals surface area (Å²) in [5.41, 5.74) is 6.70. The maximum atomic E-state index is 12.3. The molecule has 110 valence electrons. The molecule has 0 bridgehead atoms. The second-order valence-corrected chi connectivity index (χ2v) is 5.51. The molecule has 1 amide bonds. The number of halogens is 1. The first kappa shape index (κ1) is 15.1. The van der Waals surface area contributed by atoms with Crippen LogP contribution < -0.4 is 10.6 Å². The molecule has 2 rings (SSSR count). The Morgan fingerprint density at radius 3 is 2.50 bits per heavy atom. The number of hydrogen-bond donors (Lipinski definition) is 1. The summed E-state index contributed by atoms with van der Waals surface area (Å²) in [7, 11) is 0. The van der Waals surface area contributed by atoms with Gasteiger partial charge in [-0.3, -0.25) is 4.79 Å². The number of amides is 1. The fourth-order valence-corrected chi connectivity index (χ4v) is 2.83. The number of hydrogen-bond acceptors (Lipinski definition) is 3. The van der Waals surface area contributed by atoms with Gasteiger partial charge in [-0.25, -0.2) is 0 Å². The van der Waals surface area contributed by atoms with Crippen LogP contribution in [-0.4, -0.2) is 43.5 Å². The van der Waals surface area contributed by atoms with Crippen molar-refractivity contribution in [2.75, 3.05) is 37.6 Å². The van der Waals surface area contributed by atoms with E-state index in [9.17, 15) is 4.79 Å². The van der Waals surface area contributed by atoms with Crippen molar-refractivity contribution in [2.45, 2.75) is 13.3 Å². The van der Waals surface area contributed by atoms with Crippen LogP contribution >= 0.6 is 11.6 Å². The van der Waals surface area contributed by atoms with E-state index in [2.05, 4.69) is 4.90 Å². The highest BCUT2D eigenvalue weighted by atomic mass is 35.5. The highest BCUT2D eigenvalue weighted by Gasteiger charge is 2.26. The zero-order valence-electron chi connectivity index (χ0n) is 11.9. The molecule has 1 heterocycles. The van der Waals surface area contributed by atoms with Crippen LogP contribution in [0.15, 0.2) is 24.3 Å². The predicted octanol–water partition coefficient (Wildman–Crippen LogP) is 1.97. The van der Waals surface area contributed by atoms with Crippen LogP contribution in [0, 0.1) is 5.92 Å². The highest BCUT2D eigenvalue weighted by Crippen LogP contribution is 2.26. The van der Waals surface area contributed by atoms with Crippen LogP contribution in [0.1, 0.15) is 13.3 Å². The summed E-state index contributed by atoms with van der Waals surface area (Å²) < 4.78 is 0. The molecule has 2 N–H and O–H groups in total. The van der Waals surface area contributed by atoms with E-state index in [0.717, 1.165) is 43.3 Å². The van der Waals surface area contributed by atoms with Crippen molar-refractivity contribution in [3.8, 4) is 0 Å². The molecule has 1 fully saturated rings. The minimum atomic E-state index is -0.0399. The largest absolute Gasteiger partial charge is 0.367 e. The van der Waals surface area contributed by atoms with E-state index in [1.165, 1.54) is 0 Å². The summed E-state index contributed by atoms with van der Waals surface area (Å²) in [6.45, 7) is 5.55. The molecule has 1 atom stereocenters. The Balaban J connectivity index is 1.96. The lowest BCUT2D eigenvalue weighted by atomic mass is 10.0. The number of para-hydroxylation sites is 1. The third-order valence-corrected chi connectivity index (χ3v) is 4.23. The van der Waals surface area contributed by atoms with Gasteiger partial charge in [0, 0.05) is 32.7 Å². The van der Waals surface area contributed by atoms with Gasteiger partial charge in [-0.05, 0) is 18.6 Å². The van der Waals surface area contributed by atoms with Gasteiger partial charge >= 0.3 is 0 Å². The molecular formula is C15H22ClN3O. The fourth-order valence-electron chi connectivity index (χ4n) is 2.58. The summed E-state index contributed by atoms with van der Waals surface area (Å²) in [6.07, 6.45) is 0.806. The zero-order valence-corrected chi connectivity index (χ0v) is 12.6. The zero-order chi connectivity index (χ0) is 14.5. The van der Waals surface area contributed by atoms with Crippen LogP contribution in [0.2, 0.25) is 5.02 Å². The summed E-state index contributed by atoms with van der Waals surface area (Å²) in [6, 6.07) is 7.84. The first-order chi connectivity index (χ1) is 9.67. The SMILES string of the molecule is CCC(CN)C(=O)N1CCN(c2ccccc2Cl)CC1. The van der Waals surface area contributed by atoms with Crippen molar-refractivity contribution in [1.82, 2.24) is 4.90 Å². The van der Waals surface area contributed by atoms with Gasteiger partial charge in [0.05, 0.1) is 16.6 Å². The van der Waals surface area contributed by atoms with Gasteiger partial charge in [0.15, 0.2) is 0 Å². The molecule has 0 radical (unpaired) electrons.